The number of benzene rings is 2. The van der Waals surface area contributed by atoms with Crippen molar-refractivity contribution in [3.05, 3.63) is 71.3 Å². The molecule has 2 aromatic rings. The van der Waals surface area contributed by atoms with E-state index in [2.05, 4.69) is 42.5 Å². The van der Waals surface area contributed by atoms with Crippen LogP contribution < -0.4 is 0 Å². The molecule has 0 aromatic heterocycles. The third kappa shape index (κ3) is 8.16. The lowest BCUT2D eigenvalue weighted by Gasteiger charge is -2.04. The van der Waals surface area contributed by atoms with Gasteiger partial charge in [0.15, 0.2) is 5.78 Å². The van der Waals surface area contributed by atoms with Gasteiger partial charge in [-0.15, -0.1) is 0 Å². The van der Waals surface area contributed by atoms with Gasteiger partial charge in [-0.3, -0.25) is 4.79 Å². The Labute approximate surface area is 153 Å². The van der Waals surface area contributed by atoms with Crippen molar-refractivity contribution in [2.24, 2.45) is 0 Å². The summed E-state index contributed by atoms with van der Waals surface area (Å²) >= 11 is 0. The highest BCUT2D eigenvalue weighted by molar-refractivity contribution is 5.93. The normalized spacial score (nSPS) is 10.8. The molecular formula is C24H32O. The molecule has 2 aromatic carbocycles. The summed E-state index contributed by atoms with van der Waals surface area (Å²) in [6.45, 7) is 1.62. The van der Waals surface area contributed by atoms with Gasteiger partial charge in [-0.25, -0.2) is 0 Å². The Kier molecular flexibility index (Phi) is 9.04. The number of unbranched alkanes of at least 4 members (excludes halogenated alkanes) is 7. The zero-order valence-electron chi connectivity index (χ0n) is 15.7. The van der Waals surface area contributed by atoms with Gasteiger partial charge in [0.25, 0.3) is 0 Å². The second-order valence-corrected chi connectivity index (χ2v) is 7.07. The van der Waals surface area contributed by atoms with Gasteiger partial charge >= 0.3 is 0 Å². The summed E-state index contributed by atoms with van der Waals surface area (Å²) in [4.78, 5) is 11.3. The van der Waals surface area contributed by atoms with Gasteiger partial charge in [0, 0.05) is 5.56 Å². The fourth-order valence-electron chi connectivity index (χ4n) is 3.27. The van der Waals surface area contributed by atoms with Crippen molar-refractivity contribution in [1.29, 1.82) is 0 Å². The van der Waals surface area contributed by atoms with E-state index in [1.165, 1.54) is 68.9 Å². The van der Waals surface area contributed by atoms with E-state index in [1.54, 1.807) is 6.92 Å². The van der Waals surface area contributed by atoms with Crippen LogP contribution in [0.25, 0.3) is 0 Å². The smallest absolute Gasteiger partial charge is 0.159 e. The first-order valence-electron chi connectivity index (χ1n) is 9.89. The van der Waals surface area contributed by atoms with Gasteiger partial charge < -0.3 is 0 Å². The molecule has 0 saturated carbocycles. The Morgan fingerprint density at radius 2 is 1.04 bits per heavy atom. The predicted octanol–water partition coefficient (Wildman–Crippen LogP) is 6.80. The van der Waals surface area contributed by atoms with Crippen LogP contribution in [-0.4, -0.2) is 5.78 Å². The lowest BCUT2D eigenvalue weighted by atomic mass is 10.0. The van der Waals surface area contributed by atoms with E-state index in [9.17, 15) is 4.79 Å². The highest BCUT2D eigenvalue weighted by Gasteiger charge is 1.99. The molecule has 0 unspecified atom stereocenters. The predicted molar refractivity (Wildman–Crippen MR) is 107 cm³/mol. The maximum Gasteiger partial charge on any atom is 0.159 e. The summed E-state index contributed by atoms with van der Waals surface area (Å²) in [6.07, 6.45) is 13.1. The maximum absolute atomic E-state index is 11.3. The van der Waals surface area contributed by atoms with Crippen molar-refractivity contribution in [3.8, 4) is 0 Å². The summed E-state index contributed by atoms with van der Waals surface area (Å²) < 4.78 is 0. The van der Waals surface area contributed by atoms with Crippen LogP contribution in [0.2, 0.25) is 0 Å². The van der Waals surface area contributed by atoms with E-state index in [1.807, 2.05) is 12.1 Å². The van der Waals surface area contributed by atoms with Crippen molar-refractivity contribution >= 4 is 5.78 Å². The van der Waals surface area contributed by atoms with Gasteiger partial charge in [0.1, 0.15) is 0 Å². The molecule has 0 fully saturated rings. The van der Waals surface area contributed by atoms with Crippen molar-refractivity contribution in [2.75, 3.05) is 0 Å². The second-order valence-electron chi connectivity index (χ2n) is 7.07. The number of Topliss-reactive ketones (excluding diaryl/α,β-unsaturated/α-hetero) is 1. The Morgan fingerprint density at radius 1 is 0.600 bits per heavy atom. The van der Waals surface area contributed by atoms with Gasteiger partial charge in [-0.2, -0.15) is 0 Å². The van der Waals surface area contributed by atoms with Gasteiger partial charge in [-0.1, -0.05) is 93.1 Å². The minimum Gasteiger partial charge on any atom is -0.295 e. The number of aryl methyl sites for hydroxylation is 2. The van der Waals surface area contributed by atoms with Crippen LogP contribution in [0.15, 0.2) is 54.6 Å². The Morgan fingerprint density at radius 3 is 1.52 bits per heavy atom. The van der Waals surface area contributed by atoms with Crippen LogP contribution in [0.3, 0.4) is 0 Å². The molecule has 0 aliphatic heterocycles. The molecule has 25 heavy (non-hydrogen) atoms. The molecule has 0 N–H and O–H groups in total. The van der Waals surface area contributed by atoms with E-state index >= 15 is 0 Å². The first-order chi connectivity index (χ1) is 12.3. The lowest BCUT2D eigenvalue weighted by Crippen LogP contribution is -1.92. The molecule has 0 aliphatic carbocycles. The minimum absolute atomic E-state index is 0.148. The quantitative estimate of drug-likeness (QED) is 0.308. The molecule has 134 valence electrons. The maximum atomic E-state index is 11.3. The van der Waals surface area contributed by atoms with E-state index in [0.29, 0.717) is 0 Å². The van der Waals surface area contributed by atoms with Crippen molar-refractivity contribution in [1.82, 2.24) is 0 Å². The highest BCUT2D eigenvalue weighted by atomic mass is 16.1. The van der Waals surface area contributed by atoms with Crippen molar-refractivity contribution < 1.29 is 4.79 Å². The number of hydrogen-bond acceptors (Lipinski definition) is 1. The van der Waals surface area contributed by atoms with E-state index in [-0.39, 0.29) is 5.78 Å². The number of hydrogen-bond donors (Lipinski definition) is 0. The first kappa shape index (κ1) is 19.4. The largest absolute Gasteiger partial charge is 0.295 e. The minimum atomic E-state index is 0.148. The SMILES string of the molecule is CC(=O)c1ccc(CCCCCCCCCCc2ccccc2)cc1. The number of carbonyl (C=O) groups excluding carboxylic acids is 1. The van der Waals surface area contributed by atoms with Gasteiger partial charge in [-0.05, 0) is 43.7 Å². The standard InChI is InChI=1S/C24H32O/c1-21(25)24-19-17-23(18-20-24)16-10-7-5-3-2-4-6-9-13-22-14-11-8-12-15-22/h8,11-12,14-15,17-20H,2-7,9-10,13,16H2,1H3. The topological polar surface area (TPSA) is 17.1 Å². The average Bonchev–Trinajstić information content (AvgIpc) is 2.64. The third-order valence-corrected chi connectivity index (χ3v) is 4.88. The summed E-state index contributed by atoms with van der Waals surface area (Å²) in [5, 5.41) is 0. The van der Waals surface area contributed by atoms with Crippen molar-refractivity contribution in [3.63, 3.8) is 0 Å². The van der Waals surface area contributed by atoms with Crippen LogP contribution in [0.5, 0.6) is 0 Å². The van der Waals surface area contributed by atoms with E-state index < -0.39 is 0 Å². The van der Waals surface area contributed by atoms with Crippen molar-refractivity contribution in [2.45, 2.75) is 71.1 Å². The molecule has 0 amide bonds. The van der Waals surface area contributed by atoms with Crippen LogP contribution in [0.1, 0.15) is 79.8 Å². The Balaban J connectivity index is 1.42. The second kappa shape index (κ2) is 11.6. The first-order valence-corrected chi connectivity index (χ1v) is 9.89. The molecule has 2 rings (SSSR count). The van der Waals surface area contributed by atoms with E-state index in [0.717, 1.165) is 12.0 Å². The Bertz CT molecular complexity index is 598. The summed E-state index contributed by atoms with van der Waals surface area (Å²) in [7, 11) is 0. The zero-order chi connectivity index (χ0) is 17.7. The molecule has 0 saturated heterocycles. The molecule has 0 bridgehead atoms. The van der Waals surface area contributed by atoms with Gasteiger partial charge in [0.2, 0.25) is 0 Å². The number of ketones is 1. The Hall–Kier alpha value is -1.89. The average molecular weight is 337 g/mol. The van der Waals surface area contributed by atoms with Crippen LogP contribution in [-0.2, 0) is 12.8 Å². The fraction of sp³-hybridized carbons (Fsp3) is 0.458. The van der Waals surface area contributed by atoms with Crippen LogP contribution in [0.4, 0.5) is 0 Å². The lowest BCUT2D eigenvalue weighted by molar-refractivity contribution is 0.101. The molecular weight excluding hydrogens is 304 g/mol. The molecule has 0 radical (unpaired) electrons. The van der Waals surface area contributed by atoms with Crippen LogP contribution >= 0.6 is 0 Å². The molecule has 0 atom stereocenters. The summed E-state index contributed by atoms with van der Waals surface area (Å²) in [5.41, 5.74) is 3.64. The highest BCUT2D eigenvalue weighted by Crippen LogP contribution is 2.13. The van der Waals surface area contributed by atoms with Gasteiger partial charge in [0.05, 0.1) is 0 Å². The van der Waals surface area contributed by atoms with E-state index in [4.69, 9.17) is 0 Å². The molecule has 1 nitrogen and oxygen atoms in total. The number of rotatable bonds is 12. The molecule has 0 aliphatic rings. The fourth-order valence-corrected chi connectivity index (χ4v) is 3.27. The van der Waals surface area contributed by atoms with Crippen LogP contribution in [0, 0.1) is 0 Å². The molecule has 0 spiro atoms. The molecule has 1 heteroatoms. The molecule has 0 heterocycles. The third-order valence-electron chi connectivity index (χ3n) is 4.88. The zero-order valence-corrected chi connectivity index (χ0v) is 15.7. The monoisotopic (exact) mass is 336 g/mol. The summed E-state index contributed by atoms with van der Waals surface area (Å²) in [6, 6.07) is 18.9. The summed E-state index contributed by atoms with van der Waals surface area (Å²) in [5.74, 6) is 0.148. The number of carbonyl (C=O) groups is 1.